The van der Waals surface area contributed by atoms with Gasteiger partial charge in [0.25, 0.3) is 0 Å². The summed E-state index contributed by atoms with van der Waals surface area (Å²) in [5, 5.41) is 0.665. The van der Waals surface area contributed by atoms with E-state index in [1.54, 1.807) is 18.2 Å². The Bertz CT molecular complexity index is 1010. The Kier molecular flexibility index (Phi) is 2.44. The molecule has 0 fully saturated rings. The topological polar surface area (TPSA) is 37.3 Å². The molecule has 1 N–H and O–H groups in total. The predicted octanol–water partition coefficient (Wildman–Crippen LogP) is 3.59. The molecule has 0 aliphatic carbocycles. The number of para-hydroxylation sites is 1. The Morgan fingerprint density at radius 3 is 2.57 bits per heavy atom. The van der Waals surface area contributed by atoms with E-state index in [2.05, 4.69) is 4.98 Å². The summed E-state index contributed by atoms with van der Waals surface area (Å²) in [6, 6.07) is 15.4. The molecule has 4 heteroatoms. The van der Waals surface area contributed by atoms with Gasteiger partial charge < -0.3 is 4.98 Å². The fraction of sp³-hybridized carbons (Fsp3) is 0. The number of aromatic nitrogens is 2. The lowest BCUT2D eigenvalue weighted by atomic mass is 10.1. The van der Waals surface area contributed by atoms with Gasteiger partial charge in [-0.1, -0.05) is 12.1 Å². The number of rotatable bonds is 1. The molecule has 0 atom stereocenters. The maximum absolute atomic E-state index is 13.1. The minimum Gasteiger partial charge on any atom is -0.346 e. The Hall–Kier alpha value is -2.88. The Morgan fingerprint density at radius 2 is 1.76 bits per heavy atom. The van der Waals surface area contributed by atoms with E-state index in [0.717, 1.165) is 22.4 Å². The Balaban J connectivity index is 2.14. The molecule has 3 nitrogen and oxygen atoms in total. The second-order valence-corrected chi connectivity index (χ2v) is 4.93. The molecule has 102 valence electrons. The number of imidazole rings is 1. The van der Waals surface area contributed by atoms with Crippen molar-refractivity contribution < 1.29 is 4.39 Å². The molecule has 21 heavy (non-hydrogen) atoms. The van der Waals surface area contributed by atoms with Crippen LogP contribution in [0.1, 0.15) is 0 Å². The fourth-order valence-electron chi connectivity index (χ4n) is 2.68. The van der Waals surface area contributed by atoms with E-state index in [1.165, 1.54) is 12.1 Å². The van der Waals surface area contributed by atoms with E-state index in [-0.39, 0.29) is 11.2 Å². The summed E-state index contributed by atoms with van der Waals surface area (Å²) in [5.74, 6) is -0.268. The largest absolute Gasteiger partial charge is 0.346 e. The highest BCUT2D eigenvalue weighted by Gasteiger charge is 2.10. The van der Waals surface area contributed by atoms with Crippen molar-refractivity contribution in [1.29, 1.82) is 0 Å². The van der Waals surface area contributed by atoms with Crippen LogP contribution in [0.3, 0.4) is 0 Å². The van der Waals surface area contributed by atoms with E-state index < -0.39 is 0 Å². The molecular weight excluding hydrogens is 267 g/mol. The minimum atomic E-state index is -0.268. The van der Waals surface area contributed by atoms with Crippen LogP contribution in [0.25, 0.3) is 27.8 Å². The van der Waals surface area contributed by atoms with Gasteiger partial charge in [0.1, 0.15) is 11.5 Å². The molecule has 0 bridgehead atoms. The maximum atomic E-state index is 13.1. The molecule has 0 saturated heterocycles. The number of hydrogen-bond acceptors (Lipinski definition) is 1. The van der Waals surface area contributed by atoms with Gasteiger partial charge in [-0.2, -0.15) is 0 Å². The van der Waals surface area contributed by atoms with Crippen molar-refractivity contribution in [1.82, 2.24) is 9.38 Å². The van der Waals surface area contributed by atoms with Crippen LogP contribution >= 0.6 is 0 Å². The molecule has 0 unspecified atom stereocenters. The summed E-state index contributed by atoms with van der Waals surface area (Å²) in [6.45, 7) is 0. The first-order valence-electron chi connectivity index (χ1n) is 6.62. The molecule has 0 aliphatic heterocycles. The summed E-state index contributed by atoms with van der Waals surface area (Å²) in [4.78, 5) is 15.2. The third-order valence-corrected chi connectivity index (χ3v) is 3.66. The predicted molar refractivity (Wildman–Crippen MR) is 80.9 cm³/mol. The second kappa shape index (κ2) is 4.31. The second-order valence-electron chi connectivity index (χ2n) is 4.93. The van der Waals surface area contributed by atoms with Crippen LogP contribution in [0.5, 0.6) is 0 Å². The van der Waals surface area contributed by atoms with Crippen molar-refractivity contribution in [3.05, 3.63) is 76.8 Å². The monoisotopic (exact) mass is 278 g/mol. The SMILES string of the molecule is O=c1cc2[nH]cc(-c3ccc(F)cc3)n2c2ccccc12. The number of nitrogens with zero attached hydrogens (tertiary/aromatic N) is 1. The van der Waals surface area contributed by atoms with Crippen LogP contribution in [-0.4, -0.2) is 9.38 Å². The van der Waals surface area contributed by atoms with Gasteiger partial charge in [-0.25, -0.2) is 4.39 Å². The van der Waals surface area contributed by atoms with Crippen molar-refractivity contribution >= 4 is 16.6 Å². The van der Waals surface area contributed by atoms with Gasteiger partial charge in [0.05, 0.1) is 11.2 Å². The van der Waals surface area contributed by atoms with Gasteiger partial charge in [0.15, 0.2) is 5.43 Å². The van der Waals surface area contributed by atoms with Gasteiger partial charge in [0, 0.05) is 23.2 Å². The highest BCUT2D eigenvalue weighted by molar-refractivity contribution is 5.84. The van der Waals surface area contributed by atoms with E-state index in [4.69, 9.17) is 0 Å². The number of nitrogens with one attached hydrogen (secondary N) is 1. The van der Waals surface area contributed by atoms with Crippen LogP contribution in [0.15, 0.2) is 65.6 Å². The number of hydrogen-bond donors (Lipinski definition) is 1. The number of benzene rings is 2. The van der Waals surface area contributed by atoms with E-state index in [1.807, 2.05) is 34.9 Å². The zero-order valence-corrected chi connectivity index (χ0v) is 11.0. The first-order valence-corrected chi connectivity index (χ1v) is 6.62. The zero-order valence-electron chi connectivity index (χ0n) is 11.0. The first kappa shape index (κ1) is 11.9. The van der Waals surface area contributed by atoms with Gasteiger partial charge in [-0.3, -0.25) is 9.20 Å². The lowest BCUT2D eigenvalue weighted by Gasteiger charge is -2.06. The molecule has 0 radical (unpaired) electrons. The van der Waals surface area contributed by atoms with Crippen molar-refractivity contribution in [2.75, 3.05) is 0 Å². The van der Waals surface area contributed by atoms with Crippen LogP contribution in [0, 0.1) is 5.82 Å². The summed E-state index contributed by atoms with van der Waals surface area (Å²) in [5.41, 5.74) is 3.31. The highest BCUT2D eigenvalue weighted by atomic mass is 19.1. The molecular formula is C17H11FN2O. The van der Waals surface area contributed by atoms with Crippen LogP contribution in [-0.2, 0) is 0 Å². The number of pyridine rings is 1. The highest BCUT2D eigenvalue weighted by Crippen LogP contribution is 2.24. The quantitative estimate of drug-likeness (QED) is 0.567. The lowest BCUT2D eigenvalue weighted by Crippen LogP contribution is -2.04. The van der Waals surface area contributed by atoms with E-state index in [9.17, 15) is 9.18 Å². The first-order chi connectivity index (χ1) is 10.2. The van der Waals surface area contributed by atoms with Crippen LogP contribution < -0.4 is 5.43 Å². The zero-order chi connectivity index (χ0) is 14.4. The molecule has 0 spiro atoms. The molecule has 2 aromatic heterocycles. The number of halogens is 1. The summed E-state index contributed by atoms with van der Waals surface area (Å²) in [7, 11) is 0. The van der Waals surface area contributed by atoms with Crippen molar-refractivity contribution in [3.63, 3.8) is 0 Å². The fourth-order valence-corrected chi connectivity index (χ4v) is 2.68. The molecule has 0 aliphatic rings. The standard InChI is InChI=1S/C17H11FN2O/c18-12-7-5-11(6-8-12)15-10-19-17-9-16(21)13-3-1-2-4-14(13)20(15)17/h1-10,19H. The minimum absolute atomic E-state index is 0.0156. The van der Waals surface area contributed by atoms with E-state index >= 15 is 0 Å². The average molecular weight is 278 g/mol. The normalized spacial score (nSPS) is 11.3. The lowest BCUT2D eigenvalue weighted by molar-refractivity contribution is 0.628. The van der Waals surface area contributed by atoms with Crippen LogP contribution in [0.2, 0.25) is 0 Å². The van der Waals surface area contributed by atoms with E-state index in [0.29, 0.717) is 5.39 Å². The van der Waals surface area contributed by atoms with Gasteiger partial charge >= 0.3 is 0 Å². The Labute approximate surface area is 119 Å². The molecule has 4 aromatic rings. The third kappa shape index (κ3) is 1.76. The number of H-pyrrole nitrogens is 1. The van der Waals surface area contributed by atoms with Crippen LogP contribution in [0.4, 0.5) is 4.39 Å². The smallest absolute Gasteiger partial charge is 0.191 e. The van der Waals surface area contributed by atoms with Crippen molar-refractivity contribution in [2.24, 2.45) is 0 Å². The molecule has 4 rings (SSSR count). The Morgan fingerprint density at radius 1 is 1.00 bits per heavy atom. The number of aromatic amines is 1. The van der Waals surface area contributed by atoms with Gasteiger partial charge in [-0.05, 0) is 36.4 Å². The number of fused-ring (bicyclic) bond motifs is 3. The molecule has 2 aromatic carbocycles. The molecule has 0 amide bonds. The van der Waals surface area contributed by atoms with Gasteiger partial charge in [0.2, 0.25) is 0 Å². The molecule has 2 heterocycles. The third-order valence-electron chi connectivity index (χ3n) is 3.66. The average Bonchev–Trinajstić information content (AvgIpc) is 2.92. The van der Waals surface area contributed by atoms with Crippen molar-refractivity contribution in [3.8, 4) is 11.3 Å². The summed E-state index contributed by atoms with van der Waals surface area (Å²) in [6.07, 6.45) is 1.83. The van der Waals surface area contributed by atoms with Crippen molar-refractivity contribution in [2.45, 2.75) is 0 Å². The molecule has 0 saturated carbocycles. The summed E-state index contributed by atoms with van der Waals surface area (Å²) >= 11 is 0. The maximum Gasteiger partial charge on any atom is 0.191 e. The van der Waals surface area contributed by atoms with Gasteiger partial charge in [-0.15, -0.1) is 0 Å². The summed E-state index contributed by atoms with van der Waals surface area (Å²) < 4.78 is 15.1.